The van der Waals surface area contributed by atoms with Crippen molar-refractivity contribution in [2.75, 3.05) is 0 Å². The number of rotatable bonds is 4. The maximum atomic E-state index is 13.5. The molecule has 3 aromatic rings. The second kappa shape index (κ2) is 7.57. The highest BCUT2D eigenvalue weighted by atomic mass is 19.1. The van der Waals surface area contributed by atoms with Crippen LogP contribution in [-0.2, 0) is 0 Å². The molecule has 4 nitrogen and oxygen atoms in total. The molecule has 0 N–H and O–H groups in total. The zero-order valence-corrected chi connectivity index (χ0v) is 13.3. The summed E-state index contributed by atoms with van der Waals surface area (Å²) in [5, 5.41) is 0. The fraction of sp³-hybridized carbons (Fsp3) is 0. The lowest BCUT2D eigenvalue weighted by Gasteiger charge is -2.07. The van der Waals surface area contributed by atoms with Crippen molar-refractivity contribution in [2.24, 2.45) is 0 Å². The Morgan fingerprint density at radius 1 is 0.577 bits per heavy atom. The second-order valence-electron chi connectivity index (χ2n) is 5.22. The van der Waals surface area contributed by atoms with Crippen LogP contribution in [0.25, 0.3) is 0 Å². The van der Waals surface area contributed by atoms with Gasteiger partial charge in [-0.15, -0.1) is 0 Å². The summed E-state index contributed by atoms with van der Waals surface area (Å²) in [7, 11) is 0. The van der Waals surface area contributed by atoms with Crippen molar-refractivity contribution in [1.29, 1.82) is 0 Å². The van der Waals surface area contributed by atoms with E-state index in [1.165, 1.54) is 72.8 Å². The molecule has 6 heteroatoms. The third kappa shape index (κ3) is 3.92. The number of carbonyl (C=O) groups excluding carboxylic acids is 2. The largest absolute Gasteiger partial charge is 0.420 e. The van der Waals surface area contributed by atoms with Gasteiger partial charge in [-0.3, -0.25) is 0 Å². The molecule has 0 aliphatic carbocycles. The molecule has 0 fully saturated rings. The quantitative estimate of drug-likeness (QED) is 0.515. The van der Waals surface area contributed by atoms with Gasteiger partial charge in [0.2, 0.25) is 0 Å². The van der Waals surface area contributed by atoms with Crippen molar-refractivity contribution in [3.05, 3.63) is 95.6 Å². The number of benzene rings is 3. The van der Waals surface area contributed by atoms with Crippen LogP contribution in [0.3, 0.4) is 0 Å². The van der Waals surface area contributed by atoms with Crippen LogP contribution in [0.2, 0.25) is 0 Å². The van der Waals surface area contributed by atoms with Crippen LogP contribution in [0.15, 0.2) is 72.8 Å². The van der Waals surface area contributed by atoms with Crippen molar-refractivity contribution in [3.63, 3.8) is 0 Å². The van der Waals surface area contributed by atoms with E-state index in [1.54, 1.807) is 0 Å². The molecule has 0 saturated carbocycles. The third-order valence-electron chi connectivity index (χ3n) is 3.43. The van der Waals surface area contributed by atoms with Gasteiger partial charge in [0.25, 0.3) is 0 Å². The van der Waals surface area contributed by atoms with Crippen molar-refractivity contribution >= 4 is 11.9 Å². The van der Waals surface area contributed by atoms with Crippen molar-refractivity contribution in [2.45, 2.75) is 0 Å². The van der Waals surface area contributed by atoms with E-state index in [-0.39, 0.29) is 22.6 Å². The van der Waals surface area contributed by atoms with Crippen molar-refractivity contribution in [3.8, 4) is 11.5 Å². The molecule has 0 aromatic heterocycles. The van der Waals surface area contributed by atoms with Crippen LogP contribution in [0.5, 0.6) is 11.5 Å². The van der Waals surface area contributed by atoms with E-state index >= 15 is 0 Å². The molecular weight excluding hydrogens is 342 g/mol. The van der Waals surface area contributed by atoms with Gasteiger partial charge >= 0.3 is 11.9 Å². The van der Waals surface area contributed by atoms with E-state index in [0.717, 1.165) is 0 Å². The SMILES string of the molecule is O=C(Oc1ccccc1F)c1ccc(C(=O)Oc2ccccc2F)cc1. The first-order valence-electron chi connectivity index (χ1n) is 7.58. The lowest BCUT2D eigenvalue weighted by molar-refractivity contribution is 0.0714. The Bertz CT molecular complexity index is 874. The van der Waals surface area contributed by atoms with E-state index in [4.69, 9.17) is 9.47 Å². The minimum atomic E-state index is -0.774. The van der Waals surface area contributed by atoms with Gasteiger partial charge in [0, 0.05) is 0 Å². The summed E-state index contributed by atoms with van der Waals surface area (Å²) in [5.41, 5.74) is 0.242. The molecule has 0 aliphatic heterocycles. The van der Waals surface area contributed by atoms with Crippen molar-refractivity contribution < 1.29 is 27.8 Å². The molecule has 3 rings (SSSR count). The van der Waals surface area contributed by atoms with E-state index in [9.17, 15) is 18.4 Å². The second-order valence-corrected chi connectivity index (χ2v) is 5.22. The first-order valence-corrected chi connectivity index (χ1v) is 7.58. The summed E-state index contributed by atoms with van der Waals surface area (Å²) >= 11 is 0. The minimum Gasteiger partial charge on any atom is -0.420 e. The molecule has 0 spiro atoms. The molecule has 0 saturated heterocycles. The molecule has 26 heavy (non-hydrogen) atoms. The highest BCUT2D eigenvalue weighted by molar-refractivity contribution is 5.94. The average Bonchev–Trinajstić information content (AvgIpc) is 2.65. The van der Waals surface area contributed by atoms with Gasteiger partial charge in [-0.2, -0.15) is 0 Å². The maximum absolute atomic E-state index is 13.5. The van der Waals surface area contributed by atoms with Crippen LogP contribution >= 0.6 is 0 Å². The monoisotopic (exact) mass is 354 g/mol. The molecule has 0 unspecified atom stereocenters. The molecule has 3 aromatic carbocycles. The summed E-state index contributed by atoms with van der Waals surface area (Å²) in [6, 6.07) is 16.4. The Morgan fingerprint density at radius 3 is 1.27 bits per heavy atom. The van der Waals surface area contributed by atoms with Gasteiger partial charge in [0.1, 0.15) is 0 Å². The molecule has 0 aliphatic rings. The van der Waals surface area contributed by atoms with E-state index in [0.29, 0.717) is 0 Å². The number of carbonyl (C=O) groups is 2. The molecule has 0 atom stereocenters. The summed E-state index contributed by atoms with van der Waals surface area (Å²) < 4.78 is 36.9. The summed E-state index contributed by atoms with van der Waals surface area (Å²) in [6.45, 7) is 0. The first-order chi connectivity index (χ1) is 12.5. The Balaban J connectivity index is 1.70. The Kier molecular flexibility index (Phi) is 5.03. The van der Waals surface area contributed by atoms with E-state index < -0.39 is 23.6 Å². The smallest absolute Gasteiger partial charge is 0.343 e. The van der Waals surface area contributed by atoms with Gasteiger partial charge in [-0.05, 0) is 48.5 Å². The Labute approximate surface area is 147 Å². The molecule has 0 heterocycles. The number of ether oxygens (including phenoxy) is 2. The lowest BCUT2D eigenvalue weighted by Crippen LogP contribution is -2.12. The normalized spacial score (nSPS) is 10.2. The number of hydrogen-bond donors (Lipinski definition) is 0. The molecule has 0 radical (unpaired) electrons. The Morgan fingerprint density at radius 2 is 0.923 bits per heavy atom. The predicted octanol–water partition coefficient (Wildman–Crippen LogP) is 4.40. The number of para-hydroxylation sites is 2. The molecular formula is C20H12F2O4. The minimum absolute atomic E-state index is 0.121. The summed E-state index contributed by atoms with van der Waals surface area (Å²) in [5.74, 6) is -3.26. The first kappa shape index (κ1) is 17.3. The summed E-state index contributed by atoms with van der Waals surface area (Å²) in [4.78, 5) is 24.1. The molecule has 0 amide bonds. The van der Waals surface area contributed by atoms with E-state index in [2.05, 4.69) is 0 Å². The zero-order valence-electron chi connectivity index (χ0n) is 13.3. The lowest BCUT2D eigenvalue weighted by atomic mass is 10.1. The standard InChI is InChI=1S/C20H12F2O4/c21-15-5-1-3-7-17(15)25-19(23)13-9-11-14(12-10-13)20(24)26-18-8-4-2-6-16(18)22/h1-12H. The zero-order chi connectivity index (χ0) is 18.5. The highest BCUT2D eigenvalue weighted by Crippen LogP contribution is 2.19. The van der Waals surface area contributed by atoms with Crippen LogP contribution in [-0.4, -0.2) is 11.9 Å². The van der Waals surface area contributed by atoms with Crippen LogP contribution in [0.4, 0.5) is 8.78 Å². The molecule has 130 valence electrons. The van der Waals surface area contributed by atoms with Gasteiger partial charge in [0.05, 0.1) is 11.1 Å². The van der Waals surface area contributed by atoms with E-state index in [1.807, 2.05) is 0 Å². The van der Waals surface area contributed by atoms with Crippen LogP contribution in [0, 0.1) is 11.6 Å². The van der Waals surface area contributed by atoms with Crippen molar-refractivity contribution in [1.82, 2.24) is 0 Å². The summed E-state index contributed by atoms with van der Waals surface area (Å²) in [6.07, 6.45) is 0. The van der Waals surface area contributed by atoms with Crippen LogP contribution in [0.1, 0.15) is 20.7 Å². The Hall–Kier alpha value is -3.54. The highest BCUT2D eigenvalue weighted by Gasteiger charge is 2.15. The van der Waals surface area contributed by atoms with Crippen LogP contribution < -0.4 is 9.47 Å². The molecule has 0 bridgehead atoms. The fourth-order valence-corrected chi connectivity index (χ4v) is 2.11. The fourth-order valence-electron chi connectivity index (χ4n) is 2.11. The number of hydrogen-bond acceptors (Lipinski definition) is 4. The van der Waals surface area contributed by atoms with Gasteiger partial charge in [0.15, 0.2) is 23.1 Å². The van der Waals surface area contributed by atoms with Gasteiger partial charge < -0.3 is 9.47 Å². The number of esters is 2. The van der Waals surface area contributed by atoms with Gasteiger partial charge in [-0.25, -0.2) is 18.4 Å². The van der Waals surface area contributed by atoms with Gasteiger partial charge in [-0.1, -0.05) is 24.3 Å². The third-order valence-corrected chi connectivity index (χ3v) is 3.43. The predicted molar refractivity (Wildman–Crippen MR) is 89.2 cm³/mol. The average molecular weight is 354 g/mol. The maximum Gasteiger partial charge on any atom is 0.343 e. The topological polar surface area (TPSA) is 52.6 Å². The number of halogens is 2.